The molecule has 1 rings (SSSR count). The van der Waals surface area contributed by atoms with Crippen molar-refractivity contribution in [1.29, 1.82) is 0 Å². The van der Waals surface area contributed by atoms with Crippen molar-refractivity contribution in [3.8, 4) is 0 Å². The lowest BCUT2D eigenvalue weighted by Gasteiger charge is -2.25. The zero-order chi connectivity index (χ0) is 9.84. The van der Waals surface area contributed by atoms with Gasteiger partial charge in [0.1, 0.15) is 0 Å². The molecule has 13 heavy (non-hydrogen) atoms. The van der Waals surface area contributed by atoms with E-state index in [-0.39, 0.29) is 6.09 Å². The quantitative estimate of drug-likeness (QED) is 0.591. The second-order valence-electron chi connectivity index (χ2n) is 3.40. The molecule has 1 saturated heterocycles. The van der Waals surface area contributed by atoms with Crippen LogP contribution < -0.4 is 4.90 Å². The number of rotatable bonds is 2. The summed E-state index contributed by atoms with van der Waals surface area (Å²) in [5.41, 5.74) is 0. The lowest BCUT2D eigenvalue weighted by molar-refractivity contribution is -0.840. The van der Waals surface area contributed by atoms with Crippen molar-refractivity contribution in [2.75, 3.05) is 26.7 Å². The molecule has 4 nitrogen and oxygen atoms in total. The molecule has 0 radical (unpaired) electrons. The Morgan fingerprint density at radius 2 is 2.46 bits per heavy atom. The van der Waals surface area contributed by atoms with Gasteiger partial charge in [-0.3, -0.25) is 4.90 Å². The minimum Gasteiger partial charge on any atom is -0.466 e. The highest BCUT2D eigenvalue weighted by atomic mass is 16.5. The Morgan fingerprint density at radius 3 is 2.85 bits per heavy atom. The fourth-order valence-electron chi connectivity index (χ4n) is 1.83. The van der Waals surface area contributed by atoms with E-state index in [4.69, 9.17) is 4.74 Å². The summed E-state index contributed by atoms with van der Waals surface area (Å²) in [4.78, 5) is 14.3. The Labute approximate surface area is 79.4 Å². The predicted molar refractivity (Wildman–Crippen MR) is 49.2 cm³/mol. The molecule has 0 bridgehead atoms. The molecule has 2 atom stereocenters. The molecule has 1 aliphatic heterocycles. The summed E-state index contributed by atoms with van der Waals surface area (Å²) in [5, 5.41) is 0. The van der Waals surface area contributed by atoms with Crippen LogP contribution in [0.4, 0.5) is 4.79 Å². The summed E-state index contributed by atoms with van der Waals surface area (Å²) in [6.45, 7) is 4.66. The van der Waals surface area contributed by atoms with Crippen molar-refractivity contribution >= 4 is 6.09 Å². The van der Waals surface area contributed by atoms with E-state index in [1.54, 1.807) is 4.90 Å². The number of likely N-dealkylation sites (N-methyl/N-ethyl adjacent to an activating group) is 1. The number of likely N-dealkylation sites (tertiary alicyclic amines) is 1. The Morgan fingerprint density at radius 1 is 1.77 bits per heavy atom. The summed E-state index contributed by atoms with van der Waals surface area (Å²) in [7, 11) is 5.35. The highest BCUT2D eigenvalue weighted by Gasteiger charge is 2.29. The molecule has 1 fully saturated rings. The van der Waals surface area contributed by atoms with Crippen molar-refractivity contribution in [3.05, 3.63) is 7.05 Å². The van der Waals surface area contributed by atoms with Gasteiger partial charge < -0.3 is 9.64 Å². The lowest BCUT2D eigenvalue weighted by Crippen LogP contribution is -3.05. The van der Waals surface area contributed by atoms with Crippen molar-refractivity contribution in [3.63, 3.8) is 0 Å². The second kappa shape index (κ2) is 4.46. The van der Waals surface area contributed by atoms with Crippen LogP contribution in [-0.2, 0) is 4.74 Å². The highest BCUT2D eigenvalue weighted by Crippen LogP contribution is 2.06. The van der Waals surface area contributed by atoms with Crippen LogP contribution in [0.1, 0.15) is 13.3 Å². The van der Waals surface area contributed by atoms with Crippen LogP contribution in [-0.4, -0.2) is 43.8 Å². The first-order chi connectivity index (χ1) is 6.19. The minimum absolute atomic E-state index is 0.220. The van der Waals surface area contributed by atoms with Crippen LogP contribution in [0.25, 0.3) is 0 Å². The number of quaternary nitrogens is 1. The highest BCUT2D eigenvalue weighted by molar-refractivity contribution is 5.67. The third kappa shape index (κ3) is 2.34. The van der Waals surface area contributed by atoms with Crippen LogP contribution >= 0.6 is 0 Å². The van der Waals surface area contributed by atoms with E-state index in [9.17, 15) is 4.79 Å². The van der Waals surface area contributed by atoms with Gasteiger partial charge >= 0.3 is 6.09 Å². The largest absolute Gasteiger partial charge is 0.466 e. The first-order valence-corrected chi connectivity index (χ1v) is 4.70. The zero-order valence-electron chi connectivity index (χ0n) is 8.38. The Balaban J connectivity index is 2.51. The van der Waals surface area contributed by atoms with Crippen LogP contribution in [0.5, 0.6) is 0 Å². The van der Waals surface area contributed by atoms with Crippen molar-refractivity contribution in [1.82, 2.24) is 4.90 Å². The molecule has 0 aromatic rings. The maximum absolute atomic E-state index is 11.3. The summed E-state index contributed by atoms with van der Waals surface area (Å²) in [6.07, 6.45) is 0.809. The summed E-state index contributed by atoms with van der Waals surface area (Å²) < 4.78 is 4.71. The molecule has 1 N–H and O–H groups in total. The van der Waals surface area contributed by atoms with E-state index >= 15 is 0 Å². The maximum atomic E-state index is 11.3. The van der Waals surface area contributed by atoms with Crippen molar-refractivity contribution in [2.24, 2.45) is 0 Å². The number of nitrogens with zero attached hydrogens (tertiary/aromatic N) is 1. The normalized spacial score (nSPS) is 27.3. The van der Waals surface area contributed by atoms with Gasteiger partial charge in [0, 0.05) is 13.0 Å². The monoisotopic (exact) mass is 186 g/mol. The van der Waals surface area contributed by atoms with E-state index in [1.807, 2.05) is 6.92 Å². The van der Waals surface area contributed by atoms with Gasteiger partial charge in [-0.15, -0.1) is 0 Å². The van der Waals surface area contributed by atoms with E-state index in [1.165, 1.54) is 12.0 Å². The molecular formula is C9H18N2O2. The number of amides is 1. The number of carbonyl (C=O) groups is 1. The topological polar surface area (TPSA) is 34.0 Å². The number of nitrogens with one attached hydrogen (secondary N) is 1. The van der Waals surface area contributed by atoms with Gasteiger partial charge in [0.05, 0.1) is 26.2 Å². The van der Waals surface area contributed by atoms with Crippen molar-refractivity contribution in [2.45, 2.75) is 19.4 Å². The molecule has 0 spiro atoms. The van der Waals surface area contributed by atoms with Crippen molar-refractivity contribution < 1.29 is 14.4 Å². The molecule has 4 heteroatoms. The molecule has 76 valence electrons. The van der Waals surface area contributed by atoms with Gasteiger partial charge in [0.25, 0.3) is 0 Å². The molecule has 0 saturated carbocycles. The first kappa shape index (κ1) is 10.3. The average Bonchev–Trinajstić information content (AvgIpc) is 2.53. The molecule has 1 unspecified atom stereocenters. The fourth-order valence-corrected chi connectivity index (χ4v) is 1.83. The Kier molecular flexibility index (Phi) is 3.54. The van der Waals surface area contributed by atoms with E-state index < -0.39 is 0 Å². The third-order valence-electron chi connectivity index (χ3n) is 2.55. The van der Waals surface area contributed by atoms with Gasteiger partial charge in [-0.05, 0) is 6.92 Å². The van der Waals surface area contributed by atoms with Gasteiger partial charge in [0.2, 0.25) is 0 Å². The summed E-state index contributed by atoms with van der Waals surface area (Å²) in [6, 6.07) is 0.310. The second-order valence-corrected chi connectivity index (χ2v) is 3.40. The molecule has 0 aliphatic carbocycles. The van der Waals surface area contributed by atoms with E-state index in [0.717, 1.165) is 19.5 Å². The van der Waals surface area contributed by atoms with E-state index in [0.29, 0.717) is 12.6 Å². The van der Waals surface area contributed by atoms with E-state index in [2.05, 4.69) is 7.05 Å². The Hall–Kier alpha value is -0.770. The van der Waals surface area contributed by atoms with Crippen LogP contribution in [0.3, 0.4) is 0 Å². The fraction of sp³-hybridized carbons (Fsp3) is 0.778. The lowest BCUT2D eigenvalue weighted by atomic mass is 10.2. The Bertz CT molecular complexity index is 184. The number of methoxy groups -OCH3 is 1. The number of ether oxygens (including phenoxy) is 1. The maximum Gasteiger partial charge on any atom is 0.409 e. The summed E-state index contributed by atoms with van der Waals surface area (Å²) >= 11 is 0. The summed E-state index contributed by atoms with van der Waals surface area (Å²) in [5.74, 6) is 0. The standard InChI is InChI=1S/C9H18N2O2/c1-4-11(9(12)13-3)8-5-6-10(2)7-8/h8,10H,2,4-7H2,1,3H3/t8-/m1/s1. The number of hydrogen-bond acceptors (Lipinski definition) is 2. The zero-order valence-corrected chi connectivity index (χ0v) is 8.38. The van der Waals surface area contributed by atoms with Crippen LogP contribution in [0.2, 0.25) is 0 Å². The van der Waals surface area contributed by atoms with Gasteiger partial charge in [0.15, 0.2) is 0 Å². The minimum atomic E-state index is -0.220. The number of hydrogen-bond donors (Lipinski definition) is 1. The van der Waals surface area contributed by atoms with Crippen LogP contribution in [0, 0.1) is 7.05 Å². The molecule has 1 heterocycles. The van der Waals surface area contributed by atoms with Gasteiger partial charge in [-0.1, -0.05) is 0 Å². The molecule has 1 amide bonds. The molecule has 1 aliphatic rings. The smallest absolute Gasteiger partial charge is 0.409 e. The molecule has 0 aromatic heterocycles. The van der Waals surface area contributed by atoms with Gasteiger partial charge in [-0.25, -0.2) is 4.79 Å². The molecular weight excluding hydrogens is 168 g/mol. The van der Waals surface area contributed by atoms with Gasteiger partial charge in [-0.2, -0.15) is 7.05 Å². The number of carbonyl (C=O) groups excluding carboxylic acids is 1. The SMILES string of the molecule is [CH2-][NH+]1CC[C@@H](N(CC)C(=O)OC)C1. The van der Waals surface area contributed by atoms with Crippen LogP contribution in [0.15, 0.2) is 0 Å². The predicted octanol–water partition coefficient (Wildman–Crippen LogP) is -0.477. The third-order valence-corrected chi connectivity index (χ3v) is 2.55. The first-order valence-electron chi connectivity index (χ1n) is 4.70. The average molecular weight is 186 g/mol. The molecule has 0 aromatic carbocycles.